The lowest BCUT2D eigenvalue weighted by Gasteiger charge is -2.31. The highest BCUT2D eigenvalue weighted by Crippen LogP contribution is 2.15. The van der Waals surface area contributed by atoms with Crippen LogP contribution in [0, 0.1) is 5.92 Å². The zero-order chi connectivity index (χ0) is 13.7. The van der Waals surface area contributed by atoms with E-state index in [1.54, 1.807) is 0 Å². The van der Waals surface area contributed by atoms with E-state index in [9.17, 15) is 14.4 Å². The number of carboxylic acid groups (broad SMARTS) is 1. The first-order valence-electron chi connectivity index (χ1n) is 5.64. The van der Waals surface area contributed by atoms with Crippen LogP contribution >= 0.6 is 0 Å². The van der Waals surface area contributed by atoms with Gasteiger partial charge in [-0.1, -0.05) is 0 Å². The van der Waals surface area contributed by atoms with Crippen LogP contribution < -0.4 is 11.1 Å². The maximum absolute atomic E-state index is 11.7. The molecule has 2 unspecified atom stereocenters. The van der Waals surface area contributed by atoms with Gasteiger partial charge in [-0.3, -0.25) is 4.79 Å². The fourth-order valence-corrected chi connectivity index (χ4v) is 1.82. The van der Waals surface area contributed by atoms with Crippen molar-refractivity contribution in [1.82, 2.24) is 10.2 Å². The molecule has 0 aromatic rings. The van der Waals surface area contributed by atoms with Crippen molar-refractivity contribution in [2.24, 2.45) is 11.7 Å². The van der Waals surface area contributed by atoms with Crippen molar-refractivity contribution in [3.05, 3.63) is 0 Å². The Balaban J connectivity index is 2.55. The van der Waals surface area contributed by atoms with Crippen molar-refractivity contribution in [3.8, 4) is 0 Å². The number of aliphatic hydroxyl groups excluding tert-OH is 1. The summed E-state index contributed by atoms with van der Waals surface area (Å²) in [5, 5.41) is 19.7. The summed E-state index contributed by atoms with van der Waals surface area (Å²) < 4.78 is 0. The summed E-state index contributed by atoms with van der Waals surface area (Å²) in [5.74, 6) is -2.18. The second-order valence-corrected chi connectivity index (χ2v) is 4.21. The van der Waals surface area contributed by atoms with Gasteiger partial charge in [-0.25, -0.2) is 9.59 Å². The zero-order valence-corrected chi connectivity index (χ0v) is 9.83. The minimum absolute atomic E-state index is 0.179. The molecule has 0 saturated carbocycles. The van der Waals surface area contributed by atoms with Gasteiger partial charge >= 0.3 is 12.0 Å². The third-order valence-corrected chi connectivity index (χ3v) is 2.89. The molecule has 3 amide bonds. The molecule has 5 N–H and O–H groups in total. The first-order chi connectivity index (χ1) is 8.45. The van der Waals surface area contributed by atoms with E-state index >= 15 is 0 Å². The summed E-state index contributed by atoms with van der Waals surface area (Å²) in [7, 11) is 0. The van der Waals surface area contributed by atoms with E-state index in [0.29, 0.717) is 19.4 Å². The summed E-state index contributed by atoms with van der Waals surface area (Å²) in [6.45, 7) is -0.0690. The maximum Gasteiger partial charge on any atom is 0.328 e. The number of likely N-dealkylation sites (tertiary alicyclic amines) is 1. The lowest BCUT2D eigenvalue weighted by molar-refractivity contribution is -0.140. The molecule has 1 fully saturated rings. The summed E-state index contributed by atoms with van der Waals surface area (Å²) in [5.41, 5.74) is 5.17. The molecule has 0 bridgehead atoms. The third-order valence-electron chi connectivity index (χ3n) is 2.89. The Hall–Kier alpha value is -1.83. The second-order valence-electron chi connectivity index (χ2n) is 4.21. The number of piperidine rings is 1. The number of carbonyl (C=O) groups excluding carboxylic acids is 2. The molecule has 18 heavy (non-hydrogen) atoms. The van der Waals surface area contributed by atoms with E-state index in [1.807, 2.05) is 0 Å². The molecule has 0 aromatic carbocycles. The van der Waals surface area contributed by atoms with Crippen LogP contribution in [0.5, 0.6) is 0 Å². The van der Waals surface area contributed by atoms with Gasteiger partial charge in [0.1, 0.15) is 0 Å². The van der Waals surface area contributed by atoms with E-state index in [0.717, 1.165) is 0 Å². The highest BCUT2D eigenvalue weighted by Gasteiger charge is 2.29. The third kappa shape index (κ3) is 3.59. The fraction of sp³-hybridized carbons (Fsp3) is 0.700. The van der Waals surface area contributed by atoms with Gasteiger partial charge < -0.3 is 26.2 Å². The van der Waals surface area contributed by atoms with Crippen LogP contribution in [0.1, 0.15) is 12.8 Å². The van der Waals surface area contributed by atoms with Gasteiger partial charge in [0.2, 0.25) is 5.91 Å². The van der Waals surface area contributed by atoms with Crippen LogP contribution in [0.15, 0.2) is 0 Å². The Morgan fingerprint density at radius 3 is 2.61 bits per heavy atom. The molecule has 0 radical (unpaired) electrons. The van der Waals surface area contributed by atoms with Crippen molar-refractivity contribution in [3.63, 3.8) is 0 Å². The number of urea groups is 1. The highest BCUT2D eigenvalue weighted by molar-refractivity contribution is 5.83. The summed E-state index contributed by atoms with van der Waals surface area (Å²) in [6, 6.07) is -1.95. The Kier molecular flexibility index (Phi) is 4.90. The first-order valence-corrected chi connectivity index (χ1v) is 5.64. The van der Waals surface area contributed by atoms with E-state index in [1.165, 1.54) is 4.90 Å². The fourth-order valence-electron chi connectivity index (χ4n) is 1.82. The number of carbonyl (C=O) groups is 3. The van der Waals surface area contributed by atoms with Crippen LogP contribution in [-0.4, -0.2) is 58.8 Å². The lowest BCUT2D eigenvalue weighted by atomic mass is 9.98. The minimum Gasteiger partial charge on any atom is -0.480 e. The van der Waals surface area contributed by atoms with Crippen molar-refractivity contribution < 1.29 is 24.6 Å². The Labute approximate surface area is 104 Å². The van der Waals surface area contributed by atoms with E-state index in [-0.39, 0.29) is 6.54 Å². The number of hydrogen-bond acceptors (Lipinski definition) is 4. The van der Waals surface area contributed by atoms with Crippen LogP contribution in [0.4, 0.5) is 4.79 Å². The van der Waals surface area contributed by atoms with Crippen molar-refractivity contribution in [1.29, 1.82) is 0 Å². The molecular weight excluding hydrogens is 242 g/mol. The Morgan fingerprint density at radius 1 is 1.44 bits per heavy atom. The van der Waals surface area contributed by atoms with Gasteiger partial charge in [-0.15, -0.1) is 0 Å². The number of rotatable bonds is 4. The smallest absolute Gasteiger partial charge is 0.328 e. The monoisotopic (exact) mass is 259 g/mol. The highest BCUT2D eigenvalue weighted by atomic mass is 16.4. The van der Waals surface area contributed by atoms with Crippen molar-refractivity contribution in [2.75, 3.05) is 19.7 Å². The van der Waals surface area contributed by atoms with Crippen LogP contribution in [0.2, 0.25) is 0 Å². The van der Waals surface area contributed by atoms with Crippen molar-refractivity contribution >= 4 is 17.9 Å². The number of hydrogen-bond donors (Lipinski definition) is 4. The molecular formula is C10H17N3O5. The number of nitrogens with zero attached hydrogens (tertiary/aromatic N) is 1. The molecule has 2 atom stereocenters. The molecule has 1 aliphatic rings. The van der Waals surface area contributed by atoms with Gasteiger partial charge in [0.15, 0.2) is 6.04 Å². The van der Waals surface area contributed by atoms with Gasteiger partial charge in [-0.05, 0) is 12.8 Å². The SMILES string of the molecule is NC(=O)C1CCCN(C(=O)NC(CO)C(=O)O)C1. The number of aliphatic carboxylic acids is 1. The quantitative estimate of drug-likeness (QED) is 0.479. The van der Waals surface area contributed by atoms with Gasteiger partial charge in [0, 0.05) is 13.1 Å². The largest absolute Gasteiger partial charge is 0.480 e. The van der Waals surface area contributed by atoms with Crippen molar-refractivity contribution in [2.45, 2.75) is 18.9 Å². The average Bonchev–Trinajstić information content (AvgIpc) is 2.35. The standard InChI is InChI=1S/C10H17N3O5/c11-8(15)6-2-1-3-13(4-6)10(18)12-7(5-14)9(16)17/h6-7,14H,1-5H2,(H2,11,15)(H,12,18)(H,16,17). The molecule has 1 rings (SSSR count). The molecule has 0 aromatic heterocycles. The van der Waals surface area contributed by atoms with Crippen LogP contribution in [0.25, 0.3) is 0 Å². The molecule has 8 heteroatoms. The average molecular weight is 259 g/mol. The molecule has 0 spiro atoms. The summed E-state index contributed by atoms with van der Waals surface area (Å²) >= 11 is 0. The normalized spacial score (nSPS) is 21.2. The van der Waals surface area contributed by atoms with Gasteiger partial charge in [0.25, 0.3) is 0 Å². The van der Waals surface area contributed by atoms with Crippen LogP contribution in [-0.2, 0) is 9.59 Å². The van der Waals surface area contributed by atoms with Crippen LogP contribution in [0.3, 0.4) is 0 Å². The lowest BCUT2D eigenvalue weighted by Crippen LogP contribution is -2.53. The summed E-state index contributed by atoms with van der Waals surface area (Å²) in [6.07, 6.45) is 1.26. The van der Waals surface area contributed by atoms with Gasteiger partial charge in [-0.2, -0.15) is 0 Å². The van der Waals surface area contributed by atoms with Gasteiger partial charge in [0.05, 0.1) is 12.5 Å². The van der Waals surface area contributed by atoms with E-state index in [2.05, 4.69) is 5.32 Å². The molecule has 1 aliphatic heterocycles. The van der Waals surface area contributed by atoms with E-state index < -0.39 is 36.5 Å². The summed E-state index contributed by atoms with van der Waals surface area (Å²) in [4.78, 5) is 34.8. The molecule has 102 valence electrons. The number of amides is 3. The second kappa shape index (κ2) is 6.20. The predicted molar refractivity (Wildman–Crippen MR) is 60.5 cm³/mol. The Morgan fingerprint density at radius 2 is 2.11 bits per heavy atom. The number of nitrogens with two attached hydrogens (primary N) is 1. The first kappa shape index (κ1) is 14.2. The molecule has 0 aliphatic carbocycles. The number of aliphatic hydroxyl groups is 1. The maximum atomic E-state index is 11.7. The predicted octanol–water partition coefficient (Wildman–Crippen LogP) is -1.66. The zero-order valence-electron chi connectivity index (χ0n) is 9.83. The van der Waals surface area contributed by atoms with E-state index in [4.69, 9.17) is 15.9 Å². The number of carboxylic acids is 1. The topological polar surface area (TPSA) is 133 Å². The Bertz CT molecular complexity index is 346. The number of primary amides is 1. The molecule has 1 saturated heterocycles. The minimum atomic E-state index is -1.34. The molecule has 1 heterocycles. The number of nitrogens with one attached hydrogen (secondary N) is 1. The molecule has 8 nitrogen and oxygen atoms in total.